The second-order valence-electron chi connectivity index (χ2n) is 4.79. The summed E-state index contributed by atoms with van der Waals surface area (Å²) in [4.78, 5) is 4.38. The Labute approximate surface area is 79.4 Å². The van der Waals surface area contributed by atoms with Crippen molar-refractivity contribution in [1.29, 1.82) is 0 Å². The van der Waals surface area contributed by atoms with Crippen LogP contribution in [-0.2, 0) is 4.74 Å². The number of aliphatic imine (C=N–C) groups is 1. The lowest BCUT2D eigenvalue weighted by atomic mass is 9.73. The second kappa shape index (κ2) is 2.73. The van der Waals surface area contributed by atoms with Crippen molar-refractivity contribution in [3.05, 3.63) is 0 Å². The van der Waals surface area contributed by atoms with Gasteiger partial charge in [0.25, 0.3) is 0 Å². The second-order valence-corrected chi connectivity index (χ2v) is 4.79. The van der Waals surface area contributed by atoms with Crippen LogP contribution >= 0.6 is 0 Å². The van der Waals surface area contributed by atoms with Gasteiger partial charge in [0.15, 0.2) is 5.90 Å². The summed E-state index contributed by atoms with van der Waals surface area (Å²) >= 11 is 0. The Bertz CT molecular complexity index is 238. The average Bonchev–Trinajstić information content (AvgIpc) is 2.63. The molecule has 3 aliphatic rings. The van der Waals surface area contributed by atoms with Gasteiger partial charge in [0.05, 0.1) is 6.54 Å². The van der Waals surface area contributed by atoms with Crippen LogP contribution in [0.25, 0.3) is 0 Å². The smallest absolute Gasteiger partial charge is 0.184 e. The molecule has 2 bridgehead atoms. The minimum absolute atomic E-state index is 0.459. The van der Waals surface area contributed by atoms with E-state index in [-0.39, 0.29) is 0 Å². The number of nitrogens with zero attached hydrogens (tertiary/aromatic N) is 1. The van der Waals surface area contributed by atoms with Crippen LogP contribution in [0.4, 0.5) is 0 Å². The molecule has 0 amide bonds. The van der Waals surface area contributed by atoms with Crippen LogP contribution < -0.4 is 0 Å². The fraction of sp³-hybridized carbons (Fsp3) is 0.909. The molecule has 72 valence electrons. The van der Waals surface area contributed by atoms with E-state index in [2.05, 4.69) is 4.99 Å². The van der Waals surface area contributed by atoms with Gasteiger partial charge >= 0.3 is 0 Å². The summed E-state index contributed by atoms with van der Waals surface area (Å²) in [5, 5.41) is 0. The number of hydrogen-bond acceptors (Lipinski definition) is 2. The first kappa shape index (κ1) is 7.84. The SMILES string of the molecule is C1CCCC2(CC1)CC1=NCC2O1. The summed E-state index contributed by atoms with van der Waals surface area (Å²) in [6.07, 6.45) is 10.1. The average molecular weight is 179 g/mol. The predicted molar refractivity (Wildman–Crippen MR) is 51.9 cm³/mol. The summed E-state index contributed by atoms with van der Waals surface area (Å²) in [7, 11) is 0. The fourth-order valence-corrected chi connectivity index (χ4v) is 3.19. The molecule has 0 N–H and O–H groups in total. The van der Waals surface area contributed by atoms with Gasteiger partial charge in [-0.1, -0.05) is 25.7 Å². The number of ether oxygens (including phenoxy) is 1. The maximum atomic E-state index is 5.77. The van der Waals surface area contributed by atoms with Gasteiger partial charge in [0, 0.05) is 11.8 Å². The van der Waals surface area contributed by atoms with Gasteiger partial charge in [-0.05, 0) is 12.8 Å². The van der Waals surface area contributed by atoms with E-state index in [1.54, 1.807) is 0 Å². The molecule has 1 atom stereocenters. The van der Waals surface area contributed by atoms with Crippen LogP contribution in [-0.4, -0.2) is 18.5 Å². The highest BCUT2D eigenvalue weighted by Gasteiger charge is 2.50. The Morgan fingerprint density at radius 1 is 1.15 bits per heavy atom. The molecule has 1 unspecified atom stereocenters. The molecule has 1 saturated heterocycles. The van der Waals surface area contributed by atoms with Gasteiger partial charge in [-0.15, -0.1) is 0 Å². The topological polar surface area (TPSA) is 21.6 Å². The zero-order valence-electron chi connectivity index (χ0n) is 8.09. The molecule has 1 saturated carbocycles. The molecule has 2 nitrogen and oxygen atoms in total. The van der Waals surface area contributed by atoms with Crippen molar-refractivity contribution in [3.8, 4) is 0 Å². The highest BCUT2D eigenvalue weighted by atomic mass is 16.5. The first-order valence-electron chi connectivity index (χ1n) is 5.59. The zero-order chi connectivity index (χ0) is 8.73. The van der Waals surface area contributed by atoms with Crippen LogP contribution in [0.3, 0.4) is 0 Å². The van der Waals surface area contributed by atoms with E-state index < -0.39 is 0 Å². The molecule has 0 aromatic carbocycles. The van der Waals surface area contributed by atoms with E-state index in [1.807, 2.05) is 0 Å². The molecule has 1 aliphatic carbocycles. The maximum Gasteiger partial charge on any atom is 0.184 e. The van der Waals surface area contributed by atoms with E-state index in [4.69, 9.17) is 4.74 Å². The van der Waals surface area contributed by atoms with Crippen LogP contribution in [0, 0.1) is 5.41 Å². The molecule has 13 heavy (non-hydrogen) atoms. The Morgan fingerprint density at radius 2 is 1.92 bits per heavy atom. The van der Waals surface area contributed by atoms with Crippen molar-refractivity contribution in [2.24, 2.45) is 10.4 Å². The van der Waals surface area contributed by atoms with Crippen molar-refractivity contribution in [2.45, 2.75) is 51.0 Å². The summed E-state index contributed by atoms with van der Waals surface area (Å²) in [5.74, 6) is 1.06. The Kier molecular flexibility index (Phi) is 1.64. The molecule has 2 fully saturated rings. The normalized spacial score (nSPS) is 35.7. The maximum absolute atomic E-state index is 5.77. The Balaban J connectivity index is 1.84. The molecule has 2 heterocycles. The van der Waals surface area contributed by atoms with Crippen molar-refractivity contribution < 1.29 is 4.74 Å². The molecule has 0 aromatic heterocycles. The summed E-state index contributed by atoms with van der Waals surface area (Å²) in [5.41, 5.74) is 0.521. The van der Waals surface area contributed by atoms with Crippen LogP contribution in [0.5, 0.6) is 0 Å². The molecule has 0 radical (unpaired) electrons. The third kappa shape index (κ3) is 1.11. The van der Waals surface area contributed by atoms with Crippen molar-refractivity contribution >= 4 is 5.90 Å². The number of hydrogen-bond donors (Lipinski definition) is 0. The summed E-state index contributed by atoms with van der Waals surface area (Å²) < 4.78 is 5.77. The third-order valence-electron chi connectivity index (χ3n) is 4.00. The molecule has 1 spiro atoms. The number of fused-ring (bicyclic) bond motifs is 3. The van der Waals surface area contributed by atoms with Gasteiger partial charge in [0.2, 0.25) is 0 Å². The minimum atomic E-state index is 0.459. The lowest BCUT2D eigenvalue weighted by Crippen LogP contribution is -2.33. The van der Waals surface area contributed by atoms with E-state index in [1.165, 1.54) is 38.5 Å². The fourth-order valence-electron chi connectivity index (χ4n) is 3.19. The Hall–Kier alpha value is -0.530. The first-order chi connectivity index (χ1) is 6.39. The van der Waals surface area contributed by atoms with Gasteiger partial charge in [-0.25, -0.2) is 0 Å². The van der Waals surface area contributed by atoms with Crippen molar-refractivity contribution in [3.63, 3.8) is 0 Å². The molecule has 2 aliphatic heterocycles. The predicted octanol–water partition coefficient (Wildman–Crippen LogP) is 2.53. The van der Waals surface area contributed by atoms with Crippen LogP contribution in [0.2, 0.25) is 0 Å². The third-order valence-corrected chi connectivity index (χ3v) is 4.00. The van der Waals surface area contributed by atoms with E-state index >= 15 is 0 Å². The van der Waals surface area contributed by atoms with E-state index in [9.17, 15) is 0 Å². The highest BCUT2D eigenvalue weighted by molar-refractivity contribution is 5.81. The van der Waals surface area contributed by atoms with Gasteiger partial charge in [-0.3, -0.25) is 4.99 Å². The highest BCUT2D eigenvalue weighted by Crippen LogP contribution is 2.49. The van der Waals surface area contributed by atoms with Gasteiger partial charge in [-0.2, -0.15) is 0 Å². The van der Waals surface area contributed by atoms with E-state index in [0.717, 1.165) is 18.9 Å². The quantitative estimate of drug-likeness (QED) is 0.560. The molecular weight excluding hydrogens is 162 g/mol. The van der Waals surface area contributed by atoms with Crippen molar-refractivity contribution in [1.82, 2.24) is 0 Å². The molecule has 2 heteroatoms. The zero-order valence-corrected chi connectivity index (χ0v) is 8.09. The monoisotopic (exact) mass is 179 g/mol. The lowest BCUT2D eigenvalue weighted by Gasteiger charge is -2.31. The minimum Gasteiger partial charge on any atom is -0.475 e. The summed E-state index contributed by atoms with van der Waals surface area (Å²) in [6, 6.07) is 0. The lowest BCUT2D eigenvalue weighted by molar-refractivity contribution is 0.0957. The molecule has 0 aromatic rings. The Morgan fingerprint density at radius 3 is 2.46 bits per heavy atom. The van der Waals surface area contributed by atoms with Crippen LogP contribution in [0.1, 0.15) is 44.9 Å². The molecule has 3 rings (SSSR count). The largest absolute Gasteiger partial charge is 0.475 e. The molecular formula is C11H17NO. The standard InChI is InChI=1S/C11H17NO/c1-2-4-6-11(5-3-1)7-10-12-8-9(11)13-10/h9H,1-8H2. The van der Waals surface area contributed by atoms with Gasteiger partial charge in [0.1, 0.15) is 6.10 Å². The summed E-state index contributed by atoms with van der Waals surface area (Å²) in [6.45, 7) is 0.954. The van der Waals surface area contributed by atoms with Crippen LogP contribution in [0.15, 0.2) is 4.99 Å². The van der Waals surface area contributed by atoms with E-state index in [0.29, 0.717) is 11.5 Å². The van der Waals surface area contributed by atoms with Crippen molar-refractivity contribution in [2.75, 3.05) is 6.54 Å². The number of rotatable bonds is 0. The first-order valence-corrected chi connectivity index (χ1v) is 5.59. The van der Waals surface area contributed by atoms with Gasteiger partial charge < -0.3 is 4.74 Å².